The van der Waals surface area contributed by atoms with Crippen molar-refractivity contribution in [1.29, 1.82) is 5.26 Å². The number of carbonyl (C=O) groups is 1. The lowest BCUT2D eigenvalue weighted by Crippen LogP contribution is -2.39. The van der Waals surface area contributed by atoms with Gasteiger partial charge in [-0.25, -0.2) is 14.8 Å². The molecule has 1 amide bonds. The van der Waals surface area contributed by atoms with E-state index in [9.17, 15) is 4.79 Å². The van der Waals surface area contributed by atoms with Gasteiger partial charge in [-0.15, -0.1) is 6.58 Å². The molecule has 30 heavy (non-hydrogen) atoms. The number of benzene rings is 1. The summed E-state index contributed by atoms with van der Waals surface area (Å²) in [5, 5.41) is 14.9. The highest BCUT2D eigenvalue weighted by atomic mass is 16.6. The Morgan fingerprint density at radius 2 is 2.20 bits per heavy atom. The number of fused-ring (bicyclic) bond motifs is 1. The summed E-state index contributed by atoms with van der Waals surface area (Å²) < 4.78 is 17.0. The molecular weight excluding hydrogens is 386 g/mol. The van der Waals surface area contributed by atoms with Gasteiger partial charge in [0.25, 0.3) is 0 Å². The molecule has 0 spiro atoms. The van der Waals surface area contributed by atoms with Crippen molar-refractivity contribution in [3.63, 3.8) is 0 Å². The average molecular weight is 407 g/mol. The highest BCUT2D eigenvalue weighted by Gasteiger charge is 2.49. The van der Waals surface area contributed by atoms with Gasteiger partial charge in [0.2, 0.25) is 5.95 Å². The molecule has 154 valence electrons. The van der Waals surface area contributed by atoms with Crippen molar-refractivity contribution in [2.24, 2.45) is 0 Å². The van der Waals surface area contributed by atoms with Crippen LogP contribution in [0.1, 0.15) is 5.56 Å². The molecule has 0 bridgehead atoms. The molecule has 2 aliphatic rings. The summed E-state index contributed by atoms with van der Waals surface area (Å²) in [6.45, 7) is 4.51. The zero-order chi connectivity index (χ0) is 20.9. The maximum absolute atomic E-state index is 11.8. The molecular formula is C21H21N5O4. The van der Waals surface area contributed by atoms with Crippen molar-refractivity contribution >= 4 is 12.0 Å². The number of rotatable bonds is 6. The average Bonchev–Trinajstić information content (AvgIpc) is 3.36. The summed E-state index contributed by atoms with van der Waals surface area (Å²) in [6.07, 6.45) is 1.59. The van der Waals surface area contributed by atoms with Crippen molar-refractivity contribution < 1.29 is 19.0 Å². The van der Waals surface area contributed by atoms with E-state index in [2.05, 4.69) is 33.2 Å². The van der Waals surface area contributed by atoms with Crippen LogP contribution in [0.4, 0.5) is 10.7 Å². The standard InChI is InChI=1S/C21H21N5O4/c1-2-7-24-21(27)30-17-12-29-18-16(11-28-19(17)18)26-20-23-8-6-15(25-20)14-5-3-4-13(9-14)10-22/h2-6,8-9,16-19H,1,7,11-12H2,(H,24,27)(H,23,25,26). The third-order valence-electron chi connectivity index (χ3n) is 4.91. The van der Waals surface area contributed by atoms with Crippen LogP contribution in [-0.2, 0) is 14.2 Å². The molecule has 1 aromatic heterocycles. The molecule has 4 atom stereocenters. The maximum atomic E-state index is 11.8. The second-order valence-corrected chi connectivity index (χ2v) is 6.92. The molecule has 0 aliphatic carbocycles. The number of ether oxygens (including phenoxy) is 3. The Hall–Kier alpha value is -3.48. The first-order valence-electron chi connectivity index (χ1n) is 9.56. The SMILES string of the molecule is C=CCNC(=O)OC1COC2C(Nc3nccc(-c4cccc(C#N)c4)n3)COC12. The largest absolute Gasteiger partial charge is 0.441 e. The van der Waals surface area contributed by atoms with E-state index in [0.717, 1.165) is 5.56 Å². The first-order valence-corrected chi connectivity index (χ1v) is 9.56. The summed E-state index contributed by atoms with van der Waals surface area (Å²) in [6, 6.07) is 11.0. The summed E-state index contributed by atoms with van der Waals surface area (Å²) >= 11 is 0. The first-order chi connectivity index (χ1) is 14.7. The molecule has 0 saturated carbocycles. The number of nitrogens with one attached hydrogen (secondary N) is 2. The number of hydrogen-bond acceptors (Lipinski definition) is 8. The second-order valence-electron chi connectivity index (χ2n) is 6.92. The Bertz CT molecular complexity index is 976. The molecule has 1 aromatic carbocycles. The van der Waals surface area contributed by atoms with Crippen LogP contribution in [-0.4, -0.2) is 60.2 Å². The van der Waals surface area contributed by atoms with E-state index >= 15 is 0 Å². The second kappa shape index (κ2) is 8.90. The number of anilines is 1. The minimum Gasteiger partial charge on any atom is -0.441 e. The van der Waals surface area contributed by atoms with Gasteiger partial charge in [-0.1, -0.05) is 18.2 Å². The number of aromatic nitrogens is 2. The van der Waals surface area contributed by atoms with E-state index in [1.807, 2.05) is 12.1 Å². The predicted molar refractivity (Wildman–Crippen MR) is 108 cm³/mol. The van der Waals surface area contributed by atoms with E-state index in [0.29, 0.717) is 30.4 Å². The van der Waals surface area contributed by atoms with Crippen molar-refractivity contribution in [3.8, 4) is 17.3 Å². The van der Waals surface area contributed by atoms with Gasteiger partial charge in [-0.05, 0) is 18.2 Å². The van der Waals surface area contributed by atoms with Crippen LogP contribution >= 0.6 is 0 Å². The Morgan fingerprint density at radius 3 is 3.03 bits per heavy atom. The molecule has 0 radical (unpaired) electrons. The lowest BCUT2D eigenvalue weighted by Gasteiger charge is -2.18. The van der Waals surface area contributed by atoms with Gasteiger partial charge < -0.3 is 24.8 Å². The zero-order valence-electron chi connectivity index (χ0n) is 16.2. The van der Waals surface area contributed by atoms with E-state index in [-0.39, 0.29) is 24.9 Å². The van der Waals surface area contributed by atoms with E-state index in [1.165, 1.54) is 0 Å². The monoisotopic (exact) mass is 407 g/mol. The van der Waals surface area contributed by atoms with Crippen LogP contribution in [0.2, 0.25) is 0 Å². The Kier molecular flexibility index (Phi) is 5.88. The number of nitriles is 1. The fraction of sp³-hybridized carbons (Fsp3) is 0.333. The van der Waals surface area contributed by atoms with Crippen molar-refractivity contribution in [2.45, 2.75) is 24.4 Å². The lowest BCUT2D eigenvalue weighted by atomic mass is 10.1. The molecule has 9 heteroatoms. The lowest BCUT2D eigenvalue weighted by molar-refractivity contribution is 0.00475. The van der Waals surface area contributed by atoms with Crippen molar-refractivity contribution in [3.05, 3.63) is 54.7 Å². The number of hydrogen-bond donors (Lipinski definition) is 2. The maximum Gasteiger partial charge on any atom is 0.407 e. The molecule has 2 saturated heterocycles. The smallest absolute Gasteiger partial charge is 0.407 e. The summed E-state index contributed by atoms with van der Waals surface area (Å²) in [4.78, 5) is 20.6. The molecule has 4 rings (SSSR count). The fourth-order valence-electron chi connectivity index (χ4n) is 3.53. The van der Waals surface area contributed by atoms with Crippen LogP contribution in [0.15, 0.2) is 49.2 Å². The molecule has 3 heterocycles. The Balaban J connectivity index is 1.41. The van der Waals surface area contributed by atoms with Gasteiger partial charge in [-0.3, -0.25) is 0 Å². The molecule has 9 nitrogen and oxygen atoms in total. The van der Waals surface area contributed by atoms with Crippen LogP contribution in [0.3, 0.4) is 0 Å². The van der Waals surface area contributed by atoms with Gasteiger partial charge in [0.05, 0.1) is 36.6 Å². The number of alkyl carbamates (subject to hydrolysis) is 1. The first kappa shape index (κ1) is 19.8. The van der Waals surface area contributed by atoms with E-state index in [1.54, 1.807) is 30.5 Å². The molecule has 2 N–H and O–H groups in total. The highest BCUT2D eigenvalue weighted by Crippen LogP contribution is 2.30. The van der Waals surface area contributed by atoms with Gasteiger partial charge >= 0.3 is 6.09 Å². The van der Waals surface area contributed by atoms with E-state index < -0.39 is 12.2 Å². The molecule has 2 aromatic rings. The minimum atomic E-state index is -0.528. The Morgan fingerprint density at radius 1 is 1.33 bits per heavy atom. The van der Waals surface area contributed by atoms with Crippen LogP contribution in [0.5, 0.6) is 0 Å². The molecule has 2 fully saturated rings. The van der Waals surface area contributed by atoms with Gasteiger partial charge in [-0.2, -0.15) is 5.26 Å². The number of nitrogens with zero attached hydrogens (tertiary/aromatic N) is 3. The van der Waals surface area contributed by atoms with E-state index in [4.69, 9.17) is 19.5 Å². The van der Waals surface area contributed by atoms with Crippen molar-refractivity contribution in [1.82, 2.24) is 15.3 Å². The van der Waals surface area contributed by atoms with Crippen molar-refractivity contribution in [2.75, 3.05) is 25.1 Å². The highest BCUT2D eigenvalue weighted by molar-refractivity contribution is 5.67. The molecule has 2 aliphatic heterocycles. The van der Waals surface area contributed by atoms with Crippen LogP contribution in [0, 0.1) is 11.3 Å². The van der Waals surface area contributed by atoms with Crippen LogP contribution < -0.4 is 10.6 Å². The quantitative estimate of drug-likeness (QED) is 0.697. The topological polar surface area (TPSA) is 118 Å². The van der Waals surface area contributed by atoms with Gasteiger partial charge in [0, 0.05) is 18.3 Å². The Labute approximate surface area is 173 Å². The summed E-state index contributed by atoms with van der Waals surface area (Å²) in [5.41, 5.74) is 2.10. The third kappa shape index (κ3) is 4.25. The fourth-order valence-corrected chi connectivity index (χ4v) is 3.53. The summed E-state index contributed by atoms with van der Waals surface area (Å²) in [5.74, 6) is 0.431. The predicted octanol–water partition coefficient (Wildman–Crippen LogP) is 1.87. The van der Waals surface area contributed by atoms with Gasteiger partial charge in [0.1, 0.15) is 12.2 Å². The van der Waals surface area contributed by atoms with Gasteiger partial charge in [0.15, 0.2) is 6.10 Å². The molecule has 4 unspecified atom stereocenters. The third-order valence-corrected chi connectivity index (χ3v) is 4.91. The number of carbonyl (C=O) groups excluding carboxylic acids is 1. The minimum absolute atomic E-state index is 0.180. The van der Waals surface area contributed by atoms with Crippen LogP contribution in [0.25, 0.3) is 11.3 Å². The normalized spacial score (nSPS) is 24.5. The number of amides is 1. The summed E-state index contributed by atoms with van der Waals surface area (Å²) in [7, 11) is 0. The zero-order valence-corrected chi connectivity index (χ0v) is 16.2.